The van der Waals surface area contributed by atoms with Crippen LogP contribution in [0.1, 0.15) is 34.9 Å². The minimum atomic E-state index is -0.171. The summed E-state index contributed by atoms with van der Waals surface area (Å²) in [4.78, 5) is 15.3. The Morgan fingerprint density at radius 3 is 2.90 bits per heavy atom. The molecular formula is C15H14N4O. The second kappa shape index (κ2) is 4.23. The van der Waals surface area contributed by atoms with Crippen LogP contribution in [0.25, 0.3) is 10.9 Å². The minimum Gasteiger partial charge on any atom is -0.351 e. The third-order valence-electron chi connectivity index (χ3n) is 3.63. The van der Waals surface area contributed by atoms with E-state index in [2.05, 4.69) is 20.5 Å². The van der Waals surface area contributed by atoms with Crippen molar-refractivity contribution in [3.05, 3.63) is 47.8 Å². The highest BCUT2D eigenvalue weighted by Crippen LogP contribution is 2.39. The fourth-order valence-corrected chi connectivity index (χ4v) is 2.38. The van der Waals surface area contributed by atoms with Gasteiger partial charge in [0.15, 0.2) is 5.82 Å². The number of nitrogens with one attached hydrogen (secondary N) is 3. The van der Waals surface area contributed by atoms with Gasteiger partial charge in [0.1, 0.15) is 5.69 Å². The topological polar surface area (TPSA) is 73.6 Å². The first-order chi connectivity index (χ1) is 9.79. The predicted molar refractivity (Wildman–Crippen MR) is 76.8 cm³/mol. The molecule has 0 atom stereocenters. The Labute approximate surface area is 115 Å². The molecule has 3 aromatic rings. The number of aromatic amines is 2. The van der Waals surface area contributed by atoms with Crippen molar-refractivity contribution in [2.75, 3.05) is 5.32 Å². The van der Waals surface area contributed by atoms with Gasteiger partial charge in [-0.25, -0.2) is 0 Å². The van der Waals surface area contributed by atoms with Crippen molar-refractivity contribution in [3.8, 4) is 0 Å². The summed E-state index contributed by atoms with van der Waals surface area (Å²) in [5, 5.41) is 10.9. The Bertz CT molecular complexity index is 749. The van der Waals surface area contributed by atoms with Crippen LogP contribution in [0, 0.1) is 0 Å². The normalized spacial score (nSPS) is 14.6. The number of rotatable bonds is 3. The Kier molecular flexibility index (Phi) is 2.39. The van der Waals surface area contributed by atoms with E-state index in [1.54, 1.807) is 0 Å². The van der Waals surface area contributed by atoms with Gasteiger partial charge in [0.05, 0.1) is 0 Å². The van der Waals surface area contributed by atoms with Crippen molar-refractivity contribution >= 4 is 22.6 Å². The van der Waals surface area contributed by atoms with E-state index in [0.29, 0.717) is 17.4 Å². The van der Waals surface area contributed by atoms with E-state index in [9.17, 15) is 4.79 Å². The van der Waals surface area contributed by atoms with Gasteiger partial charge in [0.25, 0.3) is 5.91 Å². The summed E-state index contributed by atoms with van der Waals surface area (Å²) in [5.74, 6) is 1.01. The molecule has 100 valence electrons. The Morgan fingerprint density at radius 2 is 2.10 bits per heavy atom. The summed E-state index contributed by atoms with van der Waals surface area (Å²) in [7, 11) is 0. The molecule has 1 aromatic carbocycles. The van der Waals surface area contributed by atoms with Gasteiger partial charge >= 0.3 is 0 Å². The fraction of sp³-hybridized carbons (Fsp3) is 0.200. The highest BCUT2D eigenvalue weighted by molar-refractivity contribution is 6.05. The molecule has 2 heterocycles. The fourth-order valence-electron chi connectivity index (χ4n) is 2.38. The molecule has 1 amide bonds. The van der Waals surface area contributed by atoms with Crippen molar-refractivity contribution in [3.63, 3.8) is 0 Å². The molecule has 5 heteroatoms. The van der Waals surface area contributed by atoms with Gasteiger partial charge < -0.3 is 10.3 Å². The van der Waals surface area contributed by atoms with E-state index in [-0.39, 0.29) is 5.91 Å². The van der Waals surface area contributed by atoms with Crippen LogP contribution in [0.2, 0.25) is 0 Å². The lowest BCUT2D eigenvalue weighted by Crippen LogP contribution is -2.12. The highest BCUT2D eigenvalue weighted by atomic mass is 16.1. The first-order valence-electron chi connectivity index (χ1n) is 6.74. The van der Waals surface area contributed by atoms with E-state index in [1.807, 2.05) is 36.4 Å². The third kappa shape index (κ3) is 1.97. The molecule has 2 aromatic heterocycles. The van der Waals surface area contributed by atoms with Gasteiger partial charge in [0.2, 0.25) is 0 Å². The van der Waals surface area contributed by atoms with Crippen molar-refractivity contribution in [1.29, 1.82) is 0 Å². The third-order valence-corrected chi connectivity index (χ3v) is 3.63. The second-order valence-electron chi connectivity index (χ2n) is 5.21. The van der Waals surface area contributed by atoms with Gasteiger partial charge in [-0.1, -0.05) is 18.2 Å². The Morgan fingerprint density at radius 1 is 1.25 bits per heavy atom. The molecule has 0 aliphatic heterocycles. The van der Waals surface area contributed by atoms with E-state index in [4.69, 9.17) is 0 Å². The van der Waals surface area contributed by atoms with Crippen molar-refractivity contribution in [2.45, 2.75) is 18.8 Å². The number of H-pyrrole nitrogens is 2. The van der Waals surface area contributed by atoms with E-state index in [0.717, 1.165) is 16.6 Å². The van der Waals surface area contributed by atoms with E-state index in [1.165, 1.54) is 12.8 Å². The number of hydrogen-bond acceptors (Lipinski definition) is 2. The number of hydrogen-bond donors (Lipinski definition) is 3. The minimum absolute atomic E-state index is 0.171. The van der Waals surface area contributed by atoms with Gasteiger partial charge in [-0.15, -0.1) is 0 Å². The summed E-state index contributed by atoms with van der Waals surface area (Å²) in [6.45, 7) is 0. The Hall–Kier alpha value is -2.56. The molecule has 1 aliphatic rings. The van der Waals surface area contributed by atoms with Gasteiger partial charge in [-0.05, 0) is 25.0 Å². The lowest BCUT2D eigenvalue weighted by molar-refractivity contribution is 0.102. The predicted octanol–water partition coefficient (Wildman–Crippen LogP) is 3.02. The molecule has 0 radical (unpaired) electrons. The summed E-state index contributed by atoms with van der Waals surface area (Å²) < 4.78 is 0. The van der Waals surface area contributed by atoms with E-state index < -0.39 is 0 Å². The first-order valence-corrected chi connectivity index (χ1v) is 6.74. The molecular weight excluding hydrogens is 252 g/mol. The highest BCUT2D eigenvalue weighted by Gasteiger charge is 2.25. The standard InChI is InChI=1S/C15H14N4O/c20-15(13-7-10-3-1-2-4-11(10)16-13)17-14-8-12(18-19-14)9-5-6-9/h1-4,7-9,16H,5-6H2,(H2,17,18,19,20). The Balaban J connectivity index is 1.56. The summed E-state index contributed by atoms with van der Waals surface area (Å²) in [5.41, 5.74) is 2.61. The SMILES string of the molecule is O=C(Nc1cc(C2CC2)[nH]n1)c1cc2ccccc2[nH]1. The maximum atomic E-state index is 12.2. The van der Waals surface area contributed by atoms with Crippen molar-refractivity contribution in [2.24, 2.45) is 0 Å². The monoisotopic (exact) mass is 266 g/mol. The summed E-state index contributed by atoms with van der Waals surface area (Å²) in [6, 6.07) is 11.6. The number of nitrogens with zero attached hydrogens (tertiary/aromatic N) is 1. The number of carbonyl (C=O) groups excluding carboxylic acids is 1. The number of amides is 1. The van der Waals surface area contributed by atoms with Crippen LogP contribution in [-0.4, -0.2) is 21.1 Å². The van der Waals surface area contributed by atoms with Crippen LogP contribution >= 0.6 is 0 Å². The maximum Gasteiger partial charge on any atom is 0.273 e. The number of aromatic nitrogens is 3. The van der Waals surface area contributed by atoms with Gasteiger partial charge in [-0.2, -0.15) is 5.10 Å². The molecule has 4 rings (SSSR count). The zero-order chi connectivity index (χ0) is 13.5. The number of benzene rings is 1. The quantitative estimate of drug-likeness (QED) is 0.681. The molecule has 20 heavy (non-hydrogen) atoms. The summed E-state index contributed by atoms with van der Waals surface area (Å²) >= 11 is 0. The molecule has 0 spiro atoms. The maximum absolute atomic E-state index is 12.2. The molecule has 1 saturated carbocycles. The summed E-state index contributed by atoms with van der Waals surface area (Å²) in [6.07, 6.45) is 2.41. The molecule has 0 saturated heterocycles. The lowest BCUT2D eigenvalue weighted by Gasteiger charge is -1.97. The zero-order valence-electron chi connectivity index (χ0n) is 10.8. The molecule has 1 fully saturated rings. The van der Waals surface area contributed by atoms with Gasteiger partial charge in [0, 0.05) is 28.6 Å². The number of carbonyl (C=O) groups is 1. The van der Waals surface area contributed by atoms with E-state index >= 15 is 0 Å². The number of para-hydroxylation sites is 1. The van der Waals surface area contributed by atoms with Crippen LogP contribution in [0.5, 0.6) is 0 Å². The molecule has 5 nitrogen and oxygen atoms in total. The lowest BCUT2D eigenvalue weighted by atomic mass is 10.2. The number of anilines is 1. The van der Waals surface area contributed by atoms with Crippen LogP contribution in [0.15, 0.2) is 36.4 Å². The average molecular weight is 266 g/mol. The number of fused-ring (bicyclic) bond motifs is 1. The van der Waals surface area contributed by atoms with Crippen LogP contribution in [0.4, 0.5) is 5.82 Å². The molecule has 3 N–H and O–H groups in total. The second-order valence-corrected chi connectivity index (χ2v) is 5.21. The molecule has 0 bridgehead atoms. The molecule has 0 unspecified atom stereocenters. The van der Waals surface area contributed by atoms with Crippen molar-refractivity contribution in [1.82, 2.24) is 15.2 Å². The smallest absolute Gasteiger partial charge is 0.273 e. The zero-order valence-corrected chi connectivity index (χ0v) is 10.8. The van der Waals surface area contributed by atoms with Crippen LogP contribution in [-0.2, 0) is 0 Å². The van der Waals surface area contributed by atoms with Gasteiger partial charge in [-0.3, -0.25) is 9.89 Å². The molecule has 1 aliphatic carbocycles. The first kappa shape index (κ1) is 11.3. The largest absolute Gasteiger partial charge is 0.351 e. The van der Waals surface area contributed by atoms with Crippen LogP contribution < -0.4 is 5.32 Å². The van der Waals surface area contributed by atoms with Crippen LogP contribution in [0.3, 0.4) is 0 Å². The average Bonchev–Trinajstić information content (AvgIpc) is 3.04. The van der Waals surface area contributed by atoms with Crippen molar-refractivity contribution < 1.29 is 4.79 Å².